The molecule has 3 rings (SSSR count). The van der Waals surface area contributed by atoms with Crippen molar-refractivity contribution < 1.29 is 28.0 Å². The van der Waals surface area contributed by atoms with Gasteiger partial charge in [0.1, 0.15) is 18.9 Å². The Hall–Kier alpha value is -2.71. The Kier molecular flexibility index (Phi) is 6.56. The molecule has 0 bridgehead atoms. The van der Waals surface area contributed by atoms with Crippen molar-refractivity contribution in [3.63, 3.8) is 0 Å². The number of quaternary nitrogens is 1. The Morgan fingerprint density at radius 1 is 1.07 bits per heavy atom. The van der Waals surface area contributed by atoms with Gasteiger partial charge in [-0.3, -0.25) is 9.59 Å². The Morgan fingerprint density at radius 3 is 2.44 bits per heavy atom. The summed E-state index contributed by atoms with van der Waals surface area (Å²) < 4.78 is 23.8. The number of rotatable bonds is 6. The standard InChI is InChI=1S/C19H22FN3O4/c20-15-5-3-14(4-6-15)12-21-18(24)19(25)22-13-16(17-2-1-9-27-17)23-7-10-26-11-8-23/h1-6,9,16H,7-8,10-13H2,(H,21,24)(H,22,25)/p+1/t16-/m1/s1. The summed E-state index contributed by atoms with van der Waals surface area (Å²) in [6, 6.07) is 9.32. The van der Waals surface area contributed by atoms with Gasteiger partial charge < -0.3 is 24.7 Å². The summed E-state index contributed by atoms with van der Waals surface area (Å²) in [6.07, 6.45) is 1.60. The van der Waals surface area contributed by atoms with Crippen LogP contribution < -0.4 is 15.5 Å². The molecular weight excluding hydrogens is 353 g/mol. The van der Waals surface area contributed by atoms with Gasteiger partial charge in [-0.2, -0.15) is 0 Å². The van der Waals surface area contributed by atoms with Gasteiger partial charge in [-0.15, -0.1) is 0 Å². The fourth-order valence-corrected chi connectivity index (χ4v) is 3.06. The largest absolute Gasteiger partial charge is 0.463 e. The lowest BCUT2D eigenvalue weighted by Crippen LogP contribution is -3.15. The lowest BCUT2D eigenvalue weighted by molar-refractivity contribution is -0.938. The van der Waals surface area contributed by atoms with Crippen LogP contribution in [0.3, 0.4) is 0 Å². The predicted molar refractivity (Wildman–Crippen MR) is 94.2 cm³/mol. The van der Waals surface area contributed by atoms with Crippen LogP contribution >= 0.6 is 0 Å². The van der Waals surface area contributed by atoms with Gasteiger partial charge in [0, 0.05) is 6.54 Å². The second-order valence-electron chi connectivity index (χ2n) is 6.36. The number of carbonyl (C=O) groups is 2. The molecule has 1 saturated heterocycles. The number of hydrogen-bond acceptors (Lipinski definition) is 4. The molecule has 0 saturated carbocycles. The van der Waals surface area contributed by atoms with Gasteiger partial charge in [-0.05, 0) is 29.8 Å². The summed E-state index contributed by atoms with van der Waals surface area (Å²) in [6.45, 7) is 3.35. The van der Waals surface area contributed by atoms with Crippen LogP contribution in [0, 0.1) is 5.82 Å². The van der Waals surface area contributed by atoms with E-state index in [0.717, 1.165) is 18.8 Å². The Balaban J connectivity index is 1.52. The second kappa shape index (κ2) is 9.29. The van der Waals surface area contributed by atoms with Crippen LogP contribution in [0.4, 0.5) is 4.39 Å². The molecule has 1 aliphatic heterocycles. The maximum absolute atomic E-state index is 12.9. The molecule has 0 spiro atoms. The van der Waals surface area contributed by atoms with Crippen LogP contribution in [0.2, 0.25) is 0 Å². The molecule has 144 valence electrons. The molecule has 1 aliphatic rings. The van der Waals surface area contributed by atoms with Gasteiger partial charge in [0.15, 0.2) is 11.8 Å². The summed E-state index contributed by atoms with van der Waals surface area (Å²) in [7, 11) is 0. The molecule has 8 heteroatoms. The number of ether oxygens (including phenoxy) is 1. The Bertz CT molecular complexity index is 743. The van der Waals surface area contributed by atoms with Gasteiger partial charge in [0.05, 0.1) is 26.0 Å². The lowest BCUT2D eigenvalue weighted by atomic mass is 10.1. The molecule has 3 N–H and O–H groups in total. The van der Waals surface area contributed by atoms with Crippen molar-refractivity contribution in [2.45, 2.75) is 12.6 Å². The lowest BCUT2D eigenvalue weighted by Gasteiger charge is -2.30. The van der Waals surface area contributed by atoms with E-state index in [4.69, 9.17) is 9.15 Å². The zero-order valence-electron chi connectivity index (χ0n) is 14.9. The molecule has 2 heterocycles. The van der Waals surface area contributed by atoms with Crippen molar-refractivity contribution in [3.05, 3.63) is 59.8 Å². The van der Waals surface area contributed by atoms with Crippen molar-refractivity contribution in [1.82, 2.24) is 10.6 Å². The number of morpholine rings is 1. The average Bonchev–Trinajstić information content (AvgIpc) is 3.22. The van der Waals surface area contributed by atoms with Crippen molar-refractivity contribution in [1.29, 1.82) is 0 Å². The minimum Gasteiger partial charge on any atom is -0.463 e. The zero-order valence-corrected chi connectivity index (χ0v) is 14.9. The third kappa shape index (κ3) is 5.38. The molecular formula is C19H23FN3O4+. The molecule has 1 aromatic heterocycles. The van der Waals surface area contributed by atoms with Crippen LogP contribution in [-0.4, -0.2) is 44.7 Å². The Morgan fingerprint density at radius 2 is 1.78 bits per heavy atom. The van der Waals surface area contributed by atoms with E-state index in [2.05, 4.69) is 10.6 Å². The maximum atomic E-state index is 12.9. The molecule has 0 radical (unpaired) electrons. The van der Waals surface area contributed by atoms with Crippen molar-refractivity contribution >= 4 is 11.8 Å². The van der Waals surface area contributed by atoms with Crippen LogP contribution in [0.25, 0.3) is 0 Å². The highest BCUT2D eigenvalue weighted by Gasteiger charge is 2.29. The number of furan rings is 1. The van der Waals surface area contributed by atoms with Crippen LogP contribution in [0.15, 0.2) is 47.1 Å². The average molecular weight is 376 g/mol. The molecule has 0 unspecified atom stereocenters. The fourth-order valence-electron chi connectivity index (χ4n) is 3.06. The molecule has 2 aromatic rings. The van der Waals surface area contributed by atoms with E-state index in [9.17, 15) is 14.0 Å². The van der Waals surface area contributed by atoms with Gasteiger partial charge in [0.25, 0.3) is 0 Å². The van der Waals surface area contributed by atoms with Gasteiger partial charge in [-0.25, -0.2) is 4.39 Å². The molecule has 2 amide bonds. The minimum atomic E-state index is -0.727. The fraction of sp³-hybridized carbons (Fsp3) is 0.368. The highest BCUT2D eigenvalue weighted by atomic mass is 19.1. The van der Waals surface area contributed by atoms with E-state index >= 15 is 0 Å². The molecule has 0 aliphatic carbocycles. The van der Waals surface area contributed by atoms with Gasteiger partial charge in [-0.1, -0.05) is 12.1 Å². The first kappa shape index (κ1) is 19.1. The minimum absolute atomic E-state index is 0.0854. The molecule has 1 aromatic carbocycles. The number of halogens is 1. The number of hydrogen-bond donors (Lipinski definition) is 3. The highest BCUT2D eigenvalue weighted by molar-refractivity contribution is 6.35. The predicted octanol–water partition coefficient (Wildman–Crippen LogP) is -0.192. The summed E-state index contributed by atoms with van der Waals surface area (Å²) in [5.74, 6) is -1.02. The number of carbonyl (C=O) groups excluding carboxylic acids is 2. The van der Waals surface area contributed by atoms with Crippen molar-refractivity contribution in [3.8, 4) is 0 Å². The third-order valence-electron chi connectivity index (χ3n) is 4.55. The molecule has 7 nitrogen and oxygen atoms in total. The first-order valence-electron chi connectivity index (χ1n) is 8.89. The zero-order chi connectivity index (χ0) is 19.1. The third-order valence-corrected chi connectivity index (χ3v) is 4.55. The van der Waals surface area contributed by atoms with Crippen LogP contribution in [0.5, 0.6) is 0 Å². The normalized spacial score (nSPS) is 15.9. The highest BCUT2D eigenvalue weighted by Crippen LogP contribution is 2.10. The topological polar surface area (TPSA) is 85.0 Å². The van der Waals surface area contributed by atoms with Crippen LogP contribution in [0.1, 0.15) is 17.4 Å². The summed E-state index contributed by atoms with van der Waals surface area (Å²) >= 11 is 0. The van der Waals surface area contributed by atoms with E-state index in [0.29, 0.717) is 18.8 Å². The van der Waals surface area contributed by atoms with Gasteiger partial charge in [0.2, 0.25) is 0 Å². The molecule has 27 heavy (non-hydrogen) atoms. The maximum Gasteiger partial charge on any atom is 0.309 e. The first-order valence-corrected chi connectivity index (χ1v) is 8.89. The second-order valence-corrected chi connectivity index (χ2v) is 6.36. The van der Waals surface area contributed by atoms with E-state index < -0.39 is 11.8 Å². The smallest absolute Gasteiger partial charge is 0.309 e. The summed E-state index contributed by atoms with van der Waals surface area (Å²) in [5, 5.41) is 5.21. The number of benzene rings is 1. The Labute approximate surface area is 156 Å². The molecule has 1 fully saturated rings. The first-order chi connectivity index (χ1) is 13.1. The van der Waals surface area contributed by atoms with Crippen molar-refractivity contribution in [2.24, 2.45) is 0 Å². The number of amides is 2. The van der Waals surface area contributed by atoms with E-state index in [1.165, 1.54) is 17.0 Å². The number of nitrogens with one attached hydrogen (secondary N) is 3. The van der Waals surface area contributed by atoms with Crippen molar-refractivity contribution in [2.75, 3.05) is 32.8 Å². The summed E-state index contributed by atoms with van der Waals surface area (Å²) in [5.41, 5.74) is 0.712. The van der Waals surface area contributed by atoms with E-state index in [1.807, 2.05) is 6.07 Å². The van der Waals surface area contributed by atoms with E-state index in [1.54, 1.807) is 24.5 Å². The molecule has 1 atom stereocenters. The summed E-state index contributed by atoms with van der Waals surface area (Å²) in [4.78, 5) is 25.4. The van der Waals surface area contributed by atoms with E-state index in [-0.39, 0.29) is 24.9 Å². The SMILES string of the molecule is O=C(NCc1ccc(F)cc1)C(=O)NC[C@H](c1ccco1)[NH+]1CCOCC1. The quantitative estimate of drug-likeness (QED) is 0.610. The van der Waals surface area contributed by atoms with Gasteiger partial charge >= 0.3 is 11.8 Å². The van der Waals surface area contributed by atoms with Crippen LogP contribution in [-0.2, 0) is 20.9 Å². The monoisotopic (exact) mass is 376 g/mol.